The van der Waals surface area contributed by atoms with Crippen LogP contribution in [-0.4, -0.2) is 36.3 Å². The smallest absolute Gasteiger partial charge is 0.253 e. The predicted molar refractivity (Wildman–Crippen MR) is 120 cm³/mol. The summed E-state index contributed by atoms with van der Waals surface area (Å²) in [6, 6.07) is 14.5. The van der Waals surface area contributed by atoms with Crippen molar-refractivity contribution in [2.45, 2.75) is 39.3 Å². The molecule has 2 N–H and O–H groups in total. The Balaban J connectivity index is 1.57. The van der Waals surface area contributed by atoms with Crippen molar-refractivity contribution in [1.29, 1.82) is 0 Å². The van der Waals surface area contributed by atoms with Crippen LogP contribution in [0.4, 0.5) is 11.4 Å². The summed E-state index contributed by atoms with van der Waals surface area (Å²) in [7, 11) is 2.02. The first-order valence-electron chi connectivity index (χ1n) is 10.3. The van der Waals surface area contributed by atoms with Crippen LogP contribution in [0.15, 0.2) is 47.3 Å². The second-order valence-corrected chi connectivity index (χ2v) is 8.28. The lowest BCUT2D eigenvalue weighted by Gasteiger charge is -2.33. The molecule has 5 nitrogen and oxygen atoms in total. The molecule has 0 spiro atoms. The molecule has 1 aliphatic rings. The van der Waals surface area contributed by atoms with Crippen molar-refractivity contribution < 1.29 is 5.11 Å². The summed E-state index contributed by atoms with van der Waals surface area (Å²) in [5, 5.41) is 11.0. The predicted octanol–water partition coefficient (Wildman–Crippen LogP) is 3.74. The van der Waals surface area contributed by atoms with Gasteiger partial charge in [-0.05, 0) is 74.0 Å². The van der Waals surface area contributed by atoms with E-state index in [0.717, 1.165) is 52.8 Å². The monoisotopic (exact) mass is 391 g/mol. The topological polar surface area (TPSA) is 59.6 Å². The molecule has 4 rings (SSSR count). The van der Waals surface area contributed by atoms with Gasteiger partial charge in [-0.3, -0.25) is 4.79 Å². The van der Waals surface area contributed by atoms with Gasteiger partial charge in [-0.15, -0.1) is 0 Å². The zero-order valence-electron chi connectivity index (χ0n) is 17.4. The average Bonchev–Trinajstić information content (AvgIpc) is 2.68. The standard InChI is InChI=1S/C24H29N3O2/c1-16-6-8-22-18(11-16)13-19(24(29)25-22)14-26(3)23-9-7-20(12-17(23)2)27-10-4-5-21(28)15-27/h6-9,11-13,21,28H,4-5,10,14-15H2,1-3H3,(H,25,29)/t21-/m0/s1. The lowest BCUT2D eigenvalue weighted by atomic mass is 10.1. The van der Waals surface area contributed by atoms with E-state index in [1.807, 2.05) is 25.2 Å². The summed E-state index contributed by atoms with van der Waals surface area (Å²) >= 11 is 0. The quantitative estimate of drug-likeness (QED) is 0.711. The van der Waals surface area contributed by atoms with Crippen molar-refractivity contribution in [3.8, 4) is 0 Å². The number of aromatic nitrogens is 1. The third kappa shape index (κ3) is 4.15. The van der Waals surface area contributed by atoms with E-state index in [0.29, 0.717) is 13.1 Å². The molecule has 1 fully saturated rings. The number of β-amino-alcohol motifs (C(OH)–C–C–N with tert-alkyl or cyclic N) is 1. The number of nitrogens with one attached hydrogen (secondary N) is 1. The third-order valence-corrected chi connectivity index (χ3v) is 5.84. The van der Waals surface area contributed by atoms with E-state index in [2.05, 4.69) is 52.9 Å². The third-order valence-electron chi connectivity index (χ3n) is 5.84. The van der Waals surface area contributed by atoms with Gasteiger partial charge in [-0.1, -0.05) is 11.6 Å². The molecule has 1 atom stereocenters. The molecule has 3 aromatic rings. The maximum atomic E-state index is 12.5. The van der Waals surface area contributed by atoms with Gasteiger partial charge in [0.1, 0.15) is 0 Å². The number of H-pyrrole nitrogens is 1. The van der Waals surface area contributed by atoms with Crippen molar-refractivity contribution in [3.63, 3.8) is 0 Å². The number of fused-ring (bicyclic) bond motifs is 1. The minimum Gasteiger partial charge on any atom is -0.391 e. The lowest BCUT2D eigenvalue weighted by Crippen LogP contribution is -2.38. The highest BCUT2D eigenvalue weighted by Gasteiger charge is 2.19. The normalized spacial score (nSPS) is 17.0. The summed E-state index contributed by atoms with van der Waals surface area (Å²) in [6.07, 6.45) is 1.66. The number of nitrogens with zero attached hydrogens (tertiary/aromatic N) is 2. The maximum Gasteiger partial charge on any atom is 0.253 e. The van der Waals surface area contributed by atoms with E-state index >= 15 is 0 Å². The minimum atomic E-state index is -0.241. The summed E-state index contributed by atoms with van der Waals surface area (Å²) in [5.74, 6) is 0. The number of aromatic amines is 1. The highest BCUT2D eigenvalue weighted by atomic mass is 16.3. The van der Waals surface area contributed by atoms with Gasteiger partial charge in [0, 0.05) is 49.1 Å². The van der Waals surface area contributed by atoms with E-state index in [1.165, 1.54) is 5.56 Å². The number of piperidine rings is 1. The maximum absolute atomic E-state index is 12.5. The van der Waals surface area contributed by atoms with Crippen LogP contribution in [0.1, 0.15) is 29.5 Å². The number of anilines is 2. The zero-order valence-corrected chi connectivity index (χ0v) is 17.4. The molecule has 1 aliphatic heterocycles. The van der Waals surface area contributed by atoms with Gasteiger partial charge >= 0.3 is 0 Å². The summed E-state index contributed by atoms with van der Waals surface area (Å²) in [5.41, 5.74) is 6.19. The van der Waals surface area contributed by atoms with Crippen molar-refractivity contribution in [2.75, 3.05) is 29.9 Å². The van der Waals surface area contributed by atoms with Crippen LogP contribution < -0.4 is 15.4 Å². The van der Waals surface area contributed by atoms with E-state index in [9.17, 15) is 9.90 Å². The second-order valence-electron chi connectivity index (χ2n) is 8.28. The molecule has 0 amide bonds. The number of benzene rings is 2. The fraction of sp³-hybridized carbons (Fsp3) is 0.375. The molecule has 0 bridgehead atoms. The molecule has 2 heterocycles. The van der Waals surface area contributed by atoms with Crippen molar-refractivity contribution in [1.82, 2.24) is 4.98 Å². The van der Waals surface area contributed by atoms with Crippen LogP contribution in [-0.2, 0) is 6.54 Å². The molecule has 1 aromatic heterocycles. The Labute approximate surface area is 171 Å². The van der Waals surface area contributed by atoms with Gasteiger partial charge in [0.05, 0.1) is 6.10 Å². The Hall–Kier alpha value is -2.79. The molecule has 5 heteroatoms. The second kappa shape index (κ2) is 7.91. The number of aryl methyl sites for hydroxylation is 2. The van der Waals surface area contributed by atoms with Crippen molar-refractivity contribution in [2.24, 2.45) is 0 Å². The Morgan fingerprint density at radius 2 is 2.00 bits per heavy atom. The van der Waals surface area contributed by atoms with Gasteiger partial charge < -0.3 is 19.9 Å². The van der Waals surface area contributed by atoms with Gasteiger partial charge in [0.25, 0.3) is 5.56 Å². The number of rotatable bonds is 4. The molecule has 0 radical (unpaired) electrons. The minimum absolute atomic E-state index is 0.0372. The molecule has 0 unspecified atom stereocenters. The van der Waals surface area contributed by atoms with Crippen molar-refractivity contribution in [3.05, 3.63) is 69.5 Å². The number of aliphatic hydroxyl groups excluding tert-OH is 1. The molecular weight excluding hydrogens is 362 g/mol. The van der Waals surface area contributed by atoms with Crippen LogP contribution in [0, 0.1) is 13.8 Å². The van der Waals surface area contributed by atoms with Crippen LogP contribution in [0.3, 0.4) is 0 Å². The number of aliphatic hydroxyl groups is 1. The van der Waals surface area contributed by atoms with Gasteiger partial charge in [0.15, 0.2) is 0 Å². The molecule has 29 heavy (non-hydrogen) atoms. The van der Waals surface area contributed by atoms with E-state index in [-0.39, 0.29) is 11.7 Å². The Bertz CT molecular complexity index is 1090. The van der Waals surface area contributed by atoms with E-state index in [4.69, 9.17) is 0 Å². The Morgan fingerprint density at radius 1 is 1.17 bits per heavy atom. The average molecular weight is 392 g/mol. The van der Waals surface area contributed by atoms with E-state index < -0.39 is 0 Å². The summed E-state index contributed by atoms with van der Waals surface area (Å²) < 4.78 is 0. The molecule has 0 aliphatic carbocycles. The Morgan fingerprint density at radius 3 is 2.76 bits per heavy atom. The molecule has 2 aromatic carbocycles. The summed E-state index contributed by atoms with van der Waals surface area (Å²) in [6.45, 7) is 6.38. The zero-order chi connectivity index (χ0) is 20.5. The Kier molecular flexibility index (Phi) is 5.33. The number of pyridine rings is 1. The van der Waals surface area contributed by atoms with Gasteiger partial charge in [-0.25, -0.2) is 0 Å². The number of hydrogen-bond donors (Lipinski definition) is 2. The molecule has 0 saturated carbocycles. The first kappa shape index (κ1) is 19.5. The highest BCUT2D eigenvalue weighted by Crippen LogP contribution is 2.28. The van der Waals surface area contributed by atoms with Crippen LogP contribution in [0.5, 0.6) is 0 Å². The molecule has 152 valence electrons. The van der Waals surface area contributed by atoms with Crippen molar-refractivity contribution >= 4 is 22.3 Å². The first-order chi connectivity index (χ1) is 13.9. The molecule has 1 saturated heterocycles. The van der Waals surface area contributed by atoms with Crippen LogP contribution >= 0.6 is 0 Å². The fourth-order valence-corrected chi connectivity index (χ4v) is 4.28. The van der Waals surface area contributed by atoms with Crippen LogP contribution in [0.2, 0.25) is 0 Å². The SMILES string of the molecule is Cc1ccc2[nH]c(=O)c(CN(C)c3ccc(N4CCC[C@H](O)C4)cc3C)cc2c1. The lowest BCUT2D eigenvalue weighted by molar-refractivity contribution is 0.154. The van der Waals surface area contributed by atoms with Crippen LogP contribution in [0.25, 0.3) is 10.9 Å². The first-order valence-corrected chi connectivity index (χ1v) is 10.3. The largest absolute Gasteiger partial charge is 0.391 e. The number of hydrogen-bond acceptors (Lipinski definition) is 4. The van der Waals surface area contributed by atoms with E-state index in [1.54, 1.807) is 0 Å². The summed E-state index contributed by atoms with van der Waals surface area (Å²) in [4.78, 5) is 19.9. The van der Waals surface area contributed by atoms with Gasteiger partial charge in [-0.2, -0.15) is 0 Å². The fourth-order valence-electron chi connectivity index (χ4n) is 4.28. The molecular formula is C24H29N3O2. The van der Waals surface area contributed by atoms with Gasteiger partial charge in [0.2, 0.25) is 0 Å². The highest BCUT2D eigenvalue weighted by molar-refractivity contribution is 5.79.